The number of carbonyl (C=O) groups is 2. The maximum atomic E-state index is 12.7. The van der Waals surface area contributed by atoms with E-state index < -0.39 is 15.1 Å². The molecule has 0 aliphatic carbocycles. The first-order valence-electron chi connectivity index (χ1n) is 8.29. The average molecular weight is 393 g/mol. The van der Waals surface area contributed by atoms with Crippen LogP contribution in [0, 0.1) is 0 Å². The predicted octanol–water partition coefficient (Wildman–Crippen LogP) is 2.71. The van der Waals surface area contributed by atoms with Crippen molar-refractivity contribution in [2.45, 2.75) is 18.6 Å². The molecule has 1 fully saturated rings. The fraction of sp³-hybridized carbons (Fsp3) is 0.333. The molecule has 1 aliphatic heterocycles. The van der Waals surface area contributed by atoms with Gasteiger partial charge in [-0.2, -0.15) is 0 Å². The van der Waals surface area contributed by atoms with E-state index in [9.17, 15) is 18.0 Å². The maximum Gasteiger partial charge on any atom is 0.253 e. The van der Waals surface area contributed by atoms with Gasteiger partial charge in [0.25, 0.3) is 5.91 Å². The lowest BCUT2D eigenvalue weighted by atomic mass is 10.1. The van der Waals surface area contributed by atoms with Crippen LogP contribution in [0.3, 0.4) is 0 Å². The molecule has 6 nitrogen and oxygen atoms in total. The number of carbonyl (C=O) groups excluding carboxylic acids is 2. The number of amides is 2. The molecule has 1 aromatic heterocycles. The SMILES string of the molecule is CC(=O)Nc1ccc(C(=O)N2CC[C@@H](c3cccs3)S(=O)(=O)CC2)cc1. The molecular weight excluding hydrogens is 372 g/mol. The van der Waals surface area contributed by atoms with Gasteiger partial charge in [-0.3, -0.25) is 9.59 Å². The average Bonchev–Trinajstić information content (AvgIpc) is 3.06. The van der Waals surface area contributed by atoms with Gasteiger partial charge in [0.05, 0.1) is 11.0 Å². The molecular formula is C18H20N2O4S2. The Morgan fingerprint density at radius 3 is 2.50 bits per heavy atom. The standard InChI is InChI=1S/C18H20N2O4S2/c1-13(21)19-15-6-4-14(5-7-15)18(22)20-9-8-17(16-3-2-11-25-16)26(23,24)12-10-20/h2-7,11,17H,8-10,12H2,1H3,(H,19,21)/t17-/m0/s1. The van der Waals surface area contributed by atoms with Gasteiger partial charge in [-0.05, 0) is 42.1 Å². The van der Waals surface area contributed by atoms with Crippen molar-refractivity contribution in [3.05, 3.63) is 52.2 Å². The molecule has 0 saturated carbocycles. The molecule has 138 valence electrons. The van der Waals surface area contributed by atoms with Gasteiger partial charge in [-0.25, -0.2) is 8.42 Å². The van der Waals surface area contributed by atoms with E-state index in [1.165, 1.54) is 18.3 Å². The Bertz CT molecular complexity index is 890. The van der Waals surface area contributed by atoms with E-state index in [0.29, 0.717) is 24.2 Å². The largest absolute Gasteiger partial charge is 0.338 e. The Kier molecular flexibility index (Phi) is 5.43. The minimum Gasteiger partial charge on any atom is -0.338 e. The Hall–Kier alpha value is -2.19. The number of thiophene rings is 1. The Balaban J connectivity index is 1.74. The third-order valence-corrected chi connectivity index (χ3v) is 7.58. The number of anilines is 1. The first-order valence-corrected chi connectivity index (χ1v) is 10.9. The van der Waals surface area contributed by atoms with Crippen LogP contribution in [0.2, 0.25) is 0 Å². The summed E-state index contributed by atoms with van der Waals surface area (Å²) in [5.41, 5.74) is 1.09. The van der Waals surface area contributed by atoms with Crippen molar-refractivity contribution >= 4 is 38.7 Å². The Morgan fingerprint density at radius 2 is 1.88 bits per heavy atom. The molecule has 8 heteroatoms. The third kappa shape index (κ3) is 4.13. The van der Waals surface area contributed by atoms with Gasteiger partial charge < -0.3 is 10.2 Å². The summed E-state index contributed by atoms with van der Waals surface area (Å²) in [5.74, 6) is -0.409. The van der Waals surface area contributed by atoms with Gasteiger partial charge >= 0.3 is 0 Å². The highest BCUT2D eigenvalue weighted by Crippen LogP contribution is 2.32. The van der Waals surface area contributed by atoms with Crippen LogP contribution in [0.25, 0.3) is 0 Å². The van der Waals surface area contributed by atoms with Gasteiger partial charge in [-0.1, -0.05) is 6.07 Å². The number of sulfone groups is 1. The number of benzene rings is 1. The predicted molar refractivity (Wildman–Crippen MR) is 102 cm³/mol. The molecule has 0 spiro atoms. The van der Waals surface area contributed by atoms with E-state index in [1.54, 1.807) is 29.2 Å². The lowest BCUT2D eigenvalue weighted by Crippen LogP contribution is -2.33. The normalized spacial score (nSPS) is 19.6. The van der Waals surface area contributed by atoms with Crippen LogP contribution < -0.4 is 5.32 Å². The first kappa shape index (κ1) is 18.6. The Labute approximate surface area is 156 Å². The molecule has 1 aromatic carbocycles. The summed E-state index contributed by atoms with van der Waals surface area (Å²) in [7, 11) is -3.28. The van der Waals surface area contributed by atoms with Crippen LogP contribution in [0.15, 0.2) is 41.8 Å². The van der Waals surface area contributed by atoms with E-state index in [2.05, 4.69) is 5.32 Å². The van der Waals surface area contributed by atoms with Crippen LogP contribution in [0.1, 0.15) is 33.8 Å². The van der Waals surface area contributed by atoms with Crippen molar-refractivity contribution in [1.82, 2.24) is 4.90 Å². The molecule has 2 aromatic rings. The number of rotatable bonds is 3. The highest BCUT2D eigenvalue weighted by molar-refractivity contribution is 7.91. The molecule has 3 rings (SSSR count). The summed E-state index contributed by atoms with van der Waals surface area (Å²) in [6, 6.07) is 10.3. The van der Waals surface area contributed by atoms with Gasteiger partial charge in [0, 0.05) is 36.1 Å². The van der Waals surface area contributed by atoms with E-state index in [4.69, 9.17) is 0 Å². The third-order valence-electron chi connectivity index (χ3n) is 4.34. The summed E-state index contributed by atoms with van der Waals surface area (Å²) in [4.78, 5) is 26.2. The summed E-state index contributed by atoms with van der Waals surface area (Å²) in [5, 5.41) is 3.98. The van der Waals surface area contributed by atoms with E-state index in [-0.39, 0.29) is 24.1 Å². The number of hydrogen-bond acceptors (Lipinski definition) is 5. The van der Waals surface area contributed by atoms with Crippen molar-refractivity contribution in [3.8, 4) is 0 Å². The lowest BCUT2D eigenvalue weighted by molar-refractivity contribution is -0.114. The van der Waals surface area contributed by atoms with Crippen molar-refractivity contribution in [2.75, 3.05) is 24.2 Å². The monoisotopic (exact) mass is 392 g/mol. The summed E-state index contributed by atoms with van der Waals surface area (Å²) in [6.07, 6.45) is 0.401. The molecule has 1 aliphatic rings. The van der Waals surface area contributed by atoms with E-state index in [0.717, 1.165) is 4.88 Å². The quantitative estimate of drug-likeness (QED) is 0.870. The van der Waals surface area contributed by atoms with Gasteiger partial charge in [0.1, 0.15) is 0 Å². The number of hydrogen-bond donors (Lipinski definition) is 1. The topological polar surface area (TPSA) is 83.6 Å². The van der Waals surface area contributed by atoms with Crippen LogP contribution in [0.5, 0.6) is 0 Å². The van der Waals surface area contributed by atoms with E-state index >= 15 is 0 Å². The Morgan fingerprint density at radius 1 is 1.15 bits per heavy atom. The van der Waals surface area contributed by atoms with E-state index in [1.807, 2.05) is 17.5 Å². The molecule has 1 N–H and O–H groups in total. The van der Waals surface area contributed by atoms with Crippen molar-refractivity contribution in [3.63, 3.8) is 0 Å². The van der Waals surface area contributed by atoms with Crippen molar-refractivity contribution < 1.29 is 18.0 Å². The van der Waals surface area contributed by atoms with Crippen molar-refractivity contribution in [2.24, 2.45) is 0 Å². The number of nitrogens with one attached hydrogen (secondary N) is 1. The minimum atomic E-state index is -3.28. The minimum absolute atomic E-state index is 0.0364. The smallest absolute Gasteiger partial charge is 0.253 e. The zero-order chi connectivity index (χ0) is 18.7. The highest BCUT2D eigenvalue weighted by atomic mass is 32.2. The summed E-state index contributed by atoms with van der Waals surface area (Å²) >= 11 is 1.44. The van der Waals surface area contributed by atoms with Gasteiger partial charge in [0.15, 0.2) is 9.84 Å². The van der Waals surface area contributed by atoms with Crippen LogP contribution in [-0.2, 0) is 14.6 Å². The van der Waals surface area contributed by atoms with Gasteiger partial charge in [-0.15, -0.1) is 11.3 Å². The summed E-state index contributed by atoms with van der Waals surface area (Å²) < 4.78 is 25.2. The van der Waals surface area contributed by atoms with Crippen molar-refractivity contribution in [1.29, 1.82) is 0 Å². The lowest BCUT2D eigenvalue weighted by Gasteiger charge is -2.20. The second kappa shape index (κ2) is 7.59. The highest BCUT2D eigenvalue weighted by Gasteiger charge is 2.33. The molecule has 2 amide bonds. The molecule has 0 unspecified atom stereocenters. The first-order chi connectivity index (χ1) is 12.4. The second-order valence-electron chi connectivity index (χ2n) is 6.21. The van der Waals surface area contributed by atoms with Crippen LogP contribution in [0.4, 0.5) is 5.69 Å². The fourth-order valence-corrected chi connectivity index (χ4v) is 6.03. The molecule has 1 saturated heterocycles. The zero-order valence-corrected chi connectivity index (χ0v) is 16.0. The van der Waals surface area contributed by atoms with Gasteiger partial charge in [0.2, 0.25) is 5.91 Å². The summed E-state index contributed by atoms with van der Waals surface area (Å²) in [6.45, 7) is 2.01. The molecule has 26 heavy (non-hydrogen) atoms. The zero-order valence-electron chi connectivity index (χ0n) is 14.3. The molecule has 0 radical (unpaired) electrons. The molecule has 1 atom stereocenters. The van der Waals surface area contributed by atoms with Crippen LogP contribution in [-0.4, -0.2) is 44.0 Å². The number of nitrogens with zero attached hydrogens (tertiary/aromatic N) is 1. The van der Waals surface area contributed by atoms with Crippen LogP contribution >= 0.6 is 11.3 Å². The second-order valence-corrected chi connectivity index (χ2v) is 9.49. The molecule has 0 bridgehead atoms. The maximum absolute atomic E-state index is 12.7. The fourth-order valence-electron chi connectivity index (χ4n) is 3.02. The molecule has 2 heterocycles.